The summed E-state index contributed by atoms with van der Waals surface area (Å²) < 4.78 is 10.8. The van der Waals surface area contributed by atoms with Crippen molar-refractivity contribution in [2.75, 3.05) is 5.32 Å². The van der Waals surface area contributed by atoms with Crippen LogP contribution in [-0.4, -0.2) is 15.3 Å². The van der Waals surface area contributed by atoms with Crippen molar-refractivity contribution in [1.82, 2.24) is 9.36 Å². The first-order valence-corrected chi connectivity index (χ1v) is 10.3. The van der Waals surface area contributed by atoms with Crippen LogP contribution in [0.2, 0.25) is 5.02 Å². The lowest BCUT2D eigenvalue weighted by Crippen LogP contribution is -2.15. The zero-order valence-corrected chi connectivity index (χ0v) is 17.6. The van der Waals surface area contributed by atoms with Gasteiger partial charge in [-0.3, -0.25) is 14.9 Å². The molecule has 27 heavy (non-hydrogen) atoms. The molecule has 3 heterocycles. The number of aryl methyl sites for hydroxylation is 1. The molecule has 1 aromatic carbocycles. The fourth-order valence-corrected chi connectivity index (χ4v) is 4.48. The third kappa shape index (κ3) is 3.68. The summed E-state index contributed by atoms with van der Waals surface area (Å²) in [4.78, 5) is 29.9. The minimum absolute atomic E-state index is 0.107. The Hall–Kier alpha value is -2.07. The van der Waals surface area contributed by atoms with Crippen LogP contribution >= 0.6 is 50.4 Å². The largest absolute Gasteiger partial charge is 0.451 e. The van der Waals surface area contributed by atoms with Gasteiger partial charge in [-0.1, -0.05) is 11.6 Å². The van der Waals surface area contributed by atoms with Crippen LogP contribution in [0, 0.1) is 6.92 Å². The predicted molar refractivity (Wildman–Crippen MR) is 111 cm³/mol. The molecule has 136 valence electrons. The number of thiophene rings is 1. The number of rotatable bonds is 3. The van der Waals surface area contributed by atoms with Gasteiger partial charge in [0.05, 0.1) is 14.0 Å². The van der Waals surface area contributed by atoms with Crippen LogP contribution in [0.15, 0.2) is 43.3 Å². The van der Waals surface area contributed by atoms with Crippen molar-refractivity contribution in [1.29, 1.82) is 0 Å². The van der Waals surface area contributed by atoms with Gasteiger partial charge in [-0.05, 0) is 52.7 Å². The summed E-state index contributed by atoms with van der Waals surface area (Å²) in [6.45, 7) is 1.79. The molecule has 4 aromatic rings. The first-order valence-electron chi connectivity index (χ1n) is 7.55. The van der Waals surface area contributed by atoms with Gasteiger partial charge in [0.2, 0.25) is 5.13 Å². The molecule has 0 radical (unpaired) electrons. The van der Waals surface area contributed by atoms with Crippen LogP contribution in [0.1, 0.15) is 16.1 Å². The fraction of sp³-hybridized carbons (Fsp3) is 0.0588. The lowest BCUT2D eigenvalue weighted by atomic mass is 10.1. The zero-order chi connectivity index (χ0) is 19.1. The average molecular weight is 483 g/mol. The number of carbonyl (C=O) groups is 1. The Labute approximate surface area is 174 Å². The molecule has 0 aliphatic rings. The Balaban J connectivity index is 1.62. The van der Waals surface area contributed by atoms with Gasteiger partial charge >= 0.3 is 0 Å². The van der Waals surface area contributed by atoms with Crippen LogP contribution < -0.4 is 10.7 Å². The van der Waals surface area contributed by atoms with E-state index in [1.807, 2.05) is 12.1 Å². The SMILES string of the molecule is Cc1cc2oc(C(=O)Nc3nc(-c4ccc(Br)s4)ns3)cc(=O)c2cc1Cl. The summed E-state index contributed by atoms with van der Waals surface area (Å²) in [6.07, 6.45) is 0. The standard InChI is InChI=1S/C17H9BrClN3O3S2/c1-7-4-11-8(5-9(7)19)10(23)6-12(25-11)16(24)21-17-20-15(22-27-17)13-2-3-14(18)26-13/h2-6H,1H3,(H,20,21,22,24). The maximum Gasteiger partial charge on any atom is 0.293 e. The Morgan fingerprint density at radius 1 is 1.30 bits per heavy atom. The summed E-state index contributed by atoms with van der Waals surface area (Å²) in [5.41, 5.74) is 0.710. The molecule has 3 aromatic heterocycles. The van der Waals surface area contributed by atoms with E-state index in [1.165, 1.54) is 17.4 Å². The second kappa shape index (κ2) is 7.16. The number of hydrogen-bond donors (Lipinski definition) is 1. The number of nitrogens with one attached hydrogen (secondary N) is 1. The lowest BCUT2D eigenvalue weighted by molar-refractivity contribution is 0.0997. The van der Waals surface area contributed by atoms with Crippen molar-refractivity contribution in [3.05, 3.63) is 60.7 Å². The van der Waals surface area contributed by atoms with Gasteiger partial charge in [-0.25, -0.2) is 0 Å². The Kier molecular flexibility index (Phi) is 4.85. The molecule has 0 saturated carbocycles. The minimum Gasteiger partial charge on any atom is -0.451 e. The summed E-state index contributed by atoms with van der Waals surface area (Å²) >= 11 is 12.0. The molecule has 4 rings (SSSR count). The van der Waals surface area contributed by atoms with Gasteiger partial charge < -0.3 is 4.42 Å². The van der Waals surface area contributed by atoms with Crippen molar-refractivity contribution in [3.63, 3.8) is 0 Å². The highest BCUT2D eigenvalue weighted by molar-refractivity contribution is 9.11. The van der Waals surface area contributed by atoms with Crippen LogP contribution in [-0.2, 0) is 0 Å². The molecular formula is C17H9BrClN3O3S2. The molecule has 0 atom stereocenters. The highest BCUT2D eigenvalue weighted by atomic mass is 79.9. The smallest absolute Gasteiger partial charge is 0.293 e. The molecule has 0 aliphatic heterocycles. The number of halogens is 2. The van der Waals surface area contributed by atoms with Crippen molar-refractivity contribution in [2.24, 2.45) is 0 Å². The molecule has 1 N–H and O–H groups in total. The van der Waals surface area contributed by atoms with Crippen molar-refractivity contribution in [2.45, 2.75) is 6.92 Å². The zero-order valence-electron chi connectivity index (χ0n) is 13.6. The number of carbonyl (C=O) groups excluding carboxylic acids is 1. The van der Waals surface area contributed by atoms with E-state index in [9.17, 15) is 9.59 Å². The van der Waals surface area contributed by atoms with Gasteiger partial charge in [-0.15, -0.1) is 11.3 Å². The topological polar surface area (TPSA) is 85.1 Å². The highest BCUT2D eigenvalue weighted by Gasteiger charge is 2.16. The predicted octanol–water partition coefficient (Wildman–Crippen LogP) is 5.35. The van der Waals surface area contributed by atoms with E-state index in [-0.39, 0.29) is 11.2 Å². The van der Waals surface area contributed by atoms with Gasteiger partial charge in [0.25, 0.3) is 5.91 Å². The van der Waals surface area contributed by atoms with Crippen LogP contribution in [0.25, 0.3) is 21.7 Å². The van der Waals surface area contributed by atoms with E-state index in [0.29, 0.717) is 26.9 Å². The number of benzene rings is 1. The van der Waals surface area contributed by atoms with Crippen LogP contribution in [0.3, 0.4) is 0 Å². The van der Waals surface area contributed by atoms with E-state index in [1.54, 1.807) is 13.0 Å². The second-order valence-electron chi connectivity index (χ2n) is 5.55. The third-order valence-corrected chi connectivity index (χ3v) is 6.33. The Bertz CT molecular complexity index is 1250. The van der Waals surface area contributed by atoms with Crippen molar-refractivity contribution in [3.8, 4) is 10.7 Å². The van der Waals surface area contributed by atoms with E-state index < -0.39 is 5.91 Å². The summed E-state index contributed by atoms with van der Waals surface area (Å²) in [5, 5.41) is 3.72. The van der Waals surface area contributed by atoms with Gasteiger partial charge in [0.1, 0.15) is 5.58 Å². The first-order chi connectivity index (χ1) is 12.9. The number of anilines is 1. The molecule has 0 bridgehead atoms. The second-order valence-corrected chi connectivity index (χ2v) is 9.18. The van der Waals surface area contributed by atoms with Gasteiger partial charge in [0, 0.05) is 22.6 Å². The first kappa shape index (κ1) is 18.3. The van der Waals surface area contributed by atoms with Gasteiger partial charge in [0.15, 0.2) is 17.0 Å². The molecule has 0 spiro atoms. The summed E-state index contributed by atoms with van der Waals surface area (Å²) in [5.74, 6) is -0.155. The average Bonchev–Trinajstić information content (AvgIpc) is 3.25. The van der Waals surface area contributed by atoms with Gasteiger partial charge in [-0.2, -0.15) is 9.36 Å². The van der Waals surface area contributed by atoms with Crippen molar-refractivity contribution < 1.29 is 9.21 Å². The molecule has 10 heteroatoms. The number of hydrogen-bond acceptors (Lipinski definition) is 7. The van der Waals surface area contributed by atoms with E-state index in [4.69, 9.17) is 16.0 Å². The normalized spacial score (nSPS) is 11.1. The third-order valence-electron chi connectivity index (χ3n) is 3.67. The van der Waals surface area contributed by atoms with Crippen molar-refractivity contribution >= 4 is 72.4 Å². The number of fused-ring (bicyclic) bond motifs is 1. The summed E-state index contributed by atoms with van der Waals surface area (Å²) in [6, 6.07) is 8.10. The van der Waals surface area contributed by atoms with Crippen LogP contribution in [0.5, 0.6) is 0 Å². The Morgan fingerprint density at radius 2 is 2.11 bits per heavy atom. The van der Waals surface area contributed by atoms with E-state index in [0.717, 1.165) is 31.8 Å². The molecule has 1 amide bonds. The van der Waals surface area contributed by atoms with Crippen LogP contribution in [0.4, 0.5) is 5.13 Å². The highest BCUT2D eigenvalue weighted by Crippen LogP contribution is 2.31. The quantitative estimate of drug-likeness (QED) is 0.425. The maximum absolute atomic E-state index is 12.5. The number of amides is 1. The monoisotopic (exact) mass is 481 g/mol. The molecule has 0 fully saturated rings. The Morgan fingerprint density at radius 3 is 2.85 bits per heavy atom. The molecule has 0 aliphatic carbocycles. The molecule has 0 saturated heterocycles. The van der Waals surface area contributed by atoms with E-state index in [2.05, 4.69) is 30.6 Å². The molecule has 6 nitrogen and oxygen atoms in total. The fourth-order valence-electron chi connectivity index (χ4n) is 2.36. The molecular weight excluding hydrogens is 474 g/mol. The lowest BCUT2D eigenvalue weighted by Gasteiger charge is -2.04. The number of aromatic nitrogens is 2. The minimum atomic E-state index is -0.573. The molecule has 0 unspecified atom stereocenters. The maximum atomic E-state index is 12.5. The summed E-state index contributed by atoms with van der Waals surface area (Å²) in [7, 11) is 0. The number of nitrogens with zero attached hydrogens (tertiary/aromatic N) is 2. The van der Waals surface area contributed by atoms with E-state index >= 15 is 0 Å².